The van der Waals surface area contributed by atoms with Gasteiger partial charge in [-0.05, 0) is 67.6 Å². The van der Waals surface area contributed by atoms with Crippen molar-refractivity contribution in [3.05, 3.63) is 90.1 Å². The Morgan fingerprint density at radius 2 is 1.74 bits per heavy atom. The minimum absolute atomic E-state index is 0.0726. The van der Waals surface area contributed by atoms with Crippen molar-refractivity contribution in [2.45, 2.75) is 42.5 Å². The number of primary amides is 1. The number of rotatable bonds is 10. The zero-order valence-electron chi connectivity index (χ0n) is 23.2. The number of nitrogens with zero attached hydrogens (tertiary/aromatic N) is 2. The molecule has 1 fully saturated rings. The van der Waals surface area contributed by atoms with Crippen LogP contribution in [0.15, 0.2) is 83.9 Å². The molecule has 13 heteroatoms. The zero-order valence-corrected chi connectivity index (χ0v) is 24.0. The van der Waals surface area contributed by atoms with Crippen molar-refractivity contribution < 1.29 is 33.0 Å². The highest BCUT2D eigenvalue weighted by atomic mass is 32.2. The van der Waals surface area contributed by atoms with Gasteiger partial charge in [-0.1, -0.05) is 42.5 Å². The van der Waals surface area contributed by atoms with Crippen LogP contribution in [-0.2, 0) is 19.6 Å². The molecule has 12 nitrogen and oxygen atoms in total. The second-order valence-electron chi connectivity index (χ2n) is 10.1. The molecular formula is C30H33N5O7S. The number of piperidine rings is 1. The number of nitrogens with two attached hydrogens (primary N) is 1. The molecule has 1 unspecified atom stereocenters. The van der Waals surface area contributed by atoms with Crippen LogP contribution in [0.4, 0.5) is 0 Å². The van der Waals surface area contributed by atoms with Gasteiger partial charge in [-0.2, -0.15) is 9.82 Å². The van der Waals surface area contributed by atoms with Gasteiger partial charge < -0.3 is 21.3 Å². The molecule has 1 aliphatic heterocycles. The van der Waals surface area contributed by atoms with E-state index in [2.05, 4.69) is 34.7 Å². The number of aliphatic carboxylic acids is 2. The topological polar surface area (TPSA) is 194 Å². The Kier molecular flexibility index (Phi) is 10.2. The summed E-state index contributed by atoms with van der Waals surface area (Å²) >= 11 is 0. The summed E-state index contributed by atoms with van der Waals surface area (Å²) in [6, 6.07) is 19.8. The molecule has 1 amide bonds. The number of benzene rings is 3. The highest BCUT2D eigenvalue weighted by Gasteiger charge is 2.25. The van der Waals surface area contributed by atoms with E-state index in [4.69, 9.17) is 15.9 Å². The lowest BCUT2D eigenvalue weighted by molar-refractivity contribution is -0.140. The molecular weight excluding hydrogens is 574 g/mol. The summed E-state index contributed by atoms with van der Waals surface area (Å²) in [4.78, 5) is 32.8. The van der Waals surface area contributed by atoms with Crippen molar-refractivity contribution in [2.75, 3.05) is 13.1 Å². The maximum Gasteiger partial charge on any atom is 0.321 e. The highest BCUT2D eigenvalue weighted by Crippen LogP contribution is 2.25. The third-order valence-corrected chi connectivity index (χ3v) is 8.51. The van der Waals surface area contributed by atoms with Crippen LogP contribution in [0.2, 0.25) is 0 Å². The maximum atomic E-state index is 11.9. The van der Waals surface area contributed by atoms with E-state index in [1.165, 1.54) is 42.7 Å². The third-order valence-electron chi connectivity index (χ3n) is 7.02. The smallest absolute Gasteiger partial charge is 0.321 e. The normalized spacial score (nSPS) is 15.7. The molecule has 2 atom stereocenters. The first-order valence-electron chi connectivity index (χ1n) is 13.7. The number of sulfonamides is 1. The number of hydrogen-bond acceptors (Lipinski definition) is 7. The van der Waals surface area contributed by atoms with Crippen molar-refractivity contribution in [1.82, 2.24) is 19.8 Å². The molecule has 43 heavy (non-hydrogen) atoms. The molecule has 1 saturated heterocycles. The molecule has 6 N–H and O–H groups in total. The molecule has 3 aromatic carbocycles. The zero-order chi connectivity index (χ0) is 31.0. The fraction of sp³-hybridized carbons (Fsp3) is 0.267. The standard InChI is InChI=1S/C19H20N4O.C11H13NO6S/c20-19(24)17-5-1-3-15-12-23(22-18(15)17)16-8-6-13(7-9-16)14-4-2-10-21-11-14;13-10(14)7-6-9(11(15)16)12-19(17,18)8-4-2-1-3-5-8/h1,3,5-9,12,14,21H,2,4,10-11H2,(H2,20,24);1-5,9,12H,6-7H2,(H,13,14)(H,15,16)/t14-;/m1./s1. The first kappa shape index (κ1) is 31.3. The molecule has 1 aromatic heterocycles. The van der Waals surface area contributed by atoms with Gasteiger partial charge in [-0.25, -0.2) is 13.1 Å². The Hall–Kier alpha value is -4.59. The number of hydrogen-bond donors (Lipinski definition) is 5. The predicted octanol–water partition coefficient (Wildman–Crippen LogP) is 2.87. The van der Waals surface area contributed by atoms with E-state index < -0.39 is 40.3 Å². The van der Waals surface area contributed by atoms with Crippen LogP contribution in [0.5, 0.6) is 0 Å². The minimum Gasteiger partial charge on any atom is -0.481 e. The maximum absolute atomic E-state index is 11.9. The average Bonchev–Trinajstić information content (AvgIpc) is 3.45. The number of amides is 1. The van der Waals surface area contributed by atoms with Gasteiger partial charge in [0.25, 0.3) is 5.91 Å². The largest absolute Gasteiger partial charge is 0.481 e. The summed E-state index contributed by atoms with van der Waals surface area (Å²) in [6.07, 6.45) is 3.64. The molecule has 226 valence electrons. The van der Waals surface area contributed by atoms with Gasteiger partial charge in [0, 0.05) is 24.5 Å². The first-order chi connectivity index (χ1) is 20.5. The molecule has 0 spiro atoms. The Balaban J connectivity index is 0.000000204. The van der Waals surface area contributed by atoms with E-state index in [0.29, 0.717) is 17.0 Å². The fourth-order valence-corrected chi connectivity index (χ4v) is 6.01. The summed E-state index contributed by atoms with van der Waals surface area (Å²) < 4.78 is 27.5. The van der Waals surface area contributed by atoms with Gasteiger partial charge in [0.05, 0.1) is 16.1 Å². The van der Waals surface area contributed by atoms with Crippen molar-refractivity contribution in [3.63, 3.8) is 0 Å². The van der Waals surface area contributed by atoms with E-state index >= 15 is 0 Å². The fourth-order valence-electron chi connectivity index (χ4n) is 4.77. The third kappa shape index (κ3) is 8.25. The number of carbonyl (C=O) groups excluding carboxylic acids is 1. The summed E-state index contributed by atoms with van der Waals surface area (Å²) in [5, 5.41) is 26.3. The lowest BCUT2D eigenvalue weighted by Gasteiger charge is -2.23. The van der Waals surface area contributed by atoms with Gasteiger partial charge in [0.15, 0.2) is 0 Å². The number of carbonyl (C=O) groups is 3. The van der Waals surface area contributed by atoms with E-state index in [9.17, 15) is 22.8 Å². The van der Waals surface area contributed by atoms with Crippen LogP contribution in [0, 0.1) is 0 Å². The van der Waals surface area contributed by atoms with Crippen LogP contribution in [0.3, 0.4) is 0 Å². The molecule has 0 saturated carbocycles. The number of fused-ring (bicyclic) bond motifs is 1. The molecule has 1 aliphatic rings. The molecule has 0 radical (unpaired) electrons. The van der Waals surface area contributed by atoms with Gasteiger partial charge >= 0.3 is 11.9 Å². The van der Waals surface area contributed by atoms with E-state index in [1.54, 1.807) is 16.8 Å². The van der Waals surface area contributed by atoms with Crippen LogP contribution < -0.4 is 15.8 Å². The van der Waals surface area contributed by atoms with Gasteiger partial charge in [-0.15, -0.1) is 0 Å². The number of carboxylic acid groups (broad SMARTS) is 2. The van der Waals surface area contributed by atoms with E-state index in [1.807, 2.05) is 23.1 Å². The van der Waals surface area contributed by atoms with E-state index in [-0.39, 0.29) is 11.3 Å². The van der Waals surface area contributed by atoms with Gasteiger partial charge in [-0.3, -0.25) is 14.4 Å². The second kappa shape index (κ2) is 14.1. The van der Waals surface area contributed by atoms with Crippen molar-refractivity contribution in [3.8, 4) is 5.69 Å². The Morgan fingerprint density at radius 3 is 2.35 bits per heavy atom. The summed E-state index contributed by atoms with van der Waals surface area (Å²) in [7, 11) is -3.98. The Labute approximate surface area is 248 Å². The van der Waals surface area contributed by atoms with Crippen LogP contribution in [0.25, 0.3) is 16.6 Å². The highest BCUT2D eigenvalue weighted by molar-refractivity contribution is 7.89. The van der Waals surface area contributed by atoms with E-state index in [0.717, 1.165) is 24.2 Å². The lowest BCUT2D eigenvalue weighted by Crippen LogP contribution is -2.41. The average molecular weight is 608 g/mol. The molecule has 4 aromatic rings. The molecule has 0 bridgehead atoms. The number of carboxylic acids is 2. The van der Waals surface area contributed by atoms with Crippen molar-refractivity contribution in [1.29, 1.82) is 0 Å². The van der Waals surface area contributed by atoms with Crippen molar-refractivity contribution in [2.24, 2.45) is 5.73 Å². The second-order valence-corrected chi connectivity index (χ2v) is 11.8. The van der Waals surface area contributed by atoms with Crippen LogP contribution >= 0.6 is 0 Å². The summed E-state index contributed by atoms with van der Waals surface area (Å²) in [5.41, 5.74) is 8.88. The van der Waals surface area contributed by atoms with Gasteiger partial charge in [0.2, 0.25) is 10.0 Å². The lowest BCUT2D eigenvalue weighted by atomic mass is 9.92. The monoisotopic (exact) mass is 607 g/mol. The molecule has 2 heterocycles. The first-order valence-corrected chi connectivity index (χ1v) is 15.1. The number of nitrogens with one attached hydrogen (secondary N) is 2. The van der Waals surface area contributed by atoms with Crippen LogP contribution in [-0.4, -0.2) is 65.4 Å². The Bertz CT molecular complexity index is 1680. The molecule has 0 aliphatic carbocycles. The summed E-state index contributed by atoms with van der Waals surface area (Å²) in [6.45, 7) is 2.17. The SMILES string of the molecule is NC(=O)c1cccc2cn(-c3ccc([C@@H]4CCCNC4)cc3)nc12.O=C(O)CCC(NS(=O)(=O)c1ccccc1)C(=O)O. The minimum atomic E-state index is -3.98. The van der Waals surface area contributed by atoms with Crippen LogP contribution in [0.1, 0.15) is 47.5 Å². The molecule has 5 rings (SSSR count). The Morgan fingerprint density at radius 1 is 1.02 bits per heavy atom. The predicted molar refractivity (Wildman–Crippen MR) is 159 cm³/mol. The number of aromatic nitrogens is 2. The summed E-state index contributed by atoms with van der Waals surface area (Å²) in [5.74, 6) is -2.47. The van der Waals surface area contributed by atoms with Crippen molar-refractivity contribution >= 4 is 38.8 Å². The van der Waals surface area contributed by atoms with Gasteiger partial charge in [0.1, 0.15) is 11.6 Å². The quantitative estimate of drug-likeness (QED) is 0.180.